The molecule has 1 heteroatoms. The van der Waals surface area contributed by atoms with E-state index < -0.39 is 0 Å². The van der Waals surface area contributed by atoms with Gasteiger partial charge in [0, 0.05) is 0 Å². The van der Waals surface area contributed by atoms with Gasteiger partial charge in [-0.25, -0.2) is 0 Å². The molecule has 1 aliphatic carbocycles. The zero-order chi connectivity index (χ0) is 14.8. The van der Waals surface area contributed by atoms with Gasteiger partial charge in [0.1, 0.15) is 0 Å². The Labute approximate surface area is 130 Å². The molecule has 0 heterocycles. The number of benzene rings is 1. The van der Waals surface area contributed by atoms with Crippen molar-refractivity contribution < 1.29 is 0 Å². The Hall–Kier alpha value is -1.34. The minimum atomic E-state index is 1.17. The van der Waals surface area contributed by atoms with Gasteiger partial charge in [-0.1, -0.05) is 61.1 Å². The Morgan fingerprint density at radius 2 is 1.71 bits per heavy atom. The van der Waals surface area contributed by atoms with E-state index in [-0.39, 0.29) is 0 Å². The van der Waals surface area contributed by atoms with Crippen molar-refractivity contribution in [1.29, 1.82) is 0 Å². The summed E-state index contributed by atoms with van der Waals surface area (Å²) in [5, 5.41) is 0. The minimum Gasteiger partial charge on any atom is -0.304 e. The summed E-state index contributed by atoms with van der Waals surface area (Å²) < 4.78 is 0. The maximum atomic E-state index is 2.59. The molecule has 0 saturated heterocycles. The topological polar surface area (TPSA) is 3.24 Å². The molecule has 1 nitrogen and oxygen atoms in total. The van der Waals surface area contributed by atoms with Crippen LogP contribution in [-0.4, -0.2) is 24.5 Å². The maximum absolute atomic E-state index is 2.59. The zero-order valence-electron chi connectivity index (χ0n) is 13.4. The lowest BCUT2D eigenvalue weighted by molar-refractivity contribution is 0.281. The van der Waals surface area contributed by atoms with Gasteiger partial charge in [0.05, 0.1) is 0 Å². The summed E-state index contributed by atoms with van der Waals surface area (Å²) in [6.45, 7) is 5.91. The van der Waals surface area contributed by atoms with Gasteiger partial charge in [-0.3, -0.25) is 0 Å². The third kappa shape index (κ3) is 6.31. The highest BCUT2D eigenvalue weighted by atomic mass is 15.1. The second-order valence-corrected chi connectivity index (χ2v) is 5.89. The second-order valence-electron chi connectivity index (χ2n) is 5.89. The van der Waals surface area contributed by atoms with Gasteiger partial charge in [-0.05, 0) is 63.7 Å². The molecule has 114 valence electrons. The third-order valence-electron chi connectivity index (χ3n) is 4.24. The van der Waals surface area contributed by atoms with Crippen molar-refractivity contribution >= 4 is 0 Å². The van der Waals surface area contributed by atoms with Gasteiger partial charge in [0.2, 0.25) is 0 Å². The molecule has 0 aromatic heterocycles. The summed E-state index contributed by atoms with van der Waals surface area (Å²) in [5.74, 6) is 0. The predicted molar refractivity (Wildman–Crippen MR) is 92.6 cm³/mol. The van der Waals surface area contributed by atoms with E-state index in [1.165, 1.54) is 63.7 Å². The molecule has 1 aromatic rings. The van der Waals surface area contributed by atoms with E-state index in [1.54, 1.807) is 5.57 Å². The molecule has 0 radical (unpaired) electrons. The van der Waals surface area contributed by atoms with Crippen LogP contribution in [-0.2, 0) is 6.42 Å². The van der Waals surface area contributed by atoms with Crippen molar-refractivity contribution in [2.24, 2.45) is 0 Å². The summed E-state index contributed by atoms with van der Waals surface area (Å²) >= 11 is 0. The normalized spacial score (nSPS) is 14.5. The summed E-state index contributed by atoms with van der Waals surface area (Å²) in [6, 6.07) is 10.8. The van der Waals surface area contributed by atoms with Crippen LogP contribution in [0.15, 0.2) is 54.1 Å². The van der Waals surface area contributed by atoms with E-state index in [0.29, 0.717) is 0 Å². The van der Waals surface area contributed by atoms with Crippen LogP contribution in [0.25, 0.3) is 0 Å². The van der Waals surface area contributed by atoms with Crippen molar-refractivity contribution in [3.05, 3.63) is 59.7 Å². The smallest absolute Gasteiger partial charge is 0.00157 e. The van der Waals surface area contributed by atoms with Crippen molar-refractivity contribution in [3.63, 3.8) is 0 Å². The largest absolute Gasteiger partial charge is 0.304 e. The van der Waals surface area contributed by atoms with Gasteiger partial charge in [-0.15, -0.1) is 0 Å². The Morgan fingerprint density at radius 1 is 0.952 bits per heavy atom. The molecule has 0 bridgehead atoms. The first-order valence-electron chi connectivity index (χ1n) is 8.50. The fourth-order valence-corrected chi connectivity index (χ4v) is 2.94. The van der Waals surface area contributed by atoms with Gasteiger partial charge in [-0.2, -0.15) is 0 Å². The van der Waals surface area contributed by atoms with Crippen LogP contribution < -0.4 is 0 Å². The predicted octanol–water partition coefficient (Wildman–Crippen LogP) is 5.00. The van der Waals surface area contributed by atoms with Crippen molar-refractivity contribution in [2.75, 3.05) is 19.6 Å². The highest BCUT2D eigenvalue weighted by Gasteiger charge is 2.04. The number of nitrogens with zero attached hydrogens (tertiary/aromatic N) is 1. The van der Waals surface area contributed by atoms with E-state index in [9.17, 15) is 0 Å². The van der Waals surface area contributed by atoms with Gasteiger partial charge < -0.3 is 4.90 Å². The first kappa shape index (κ1) is 16.0. The standard InChI is InChI=1S/C20H29N/c1-2-21(17-9-15-19-11-5-3-6-12-19)18-10-16-20-13-7-4-8-14-20/h3,5-7,11-14H,2,4,8-10,15-18H2,1H3. The lowest BCUT2D eigenvalue weighted by Crippen LogP contribution is -2.26. The molecule has 21 heavy (non-hydrogen) atoms. The van der Waals surface area contributed by atoms with Crippen LogP contribution in [0.1, 0.15) is 44.6 Å². The second kappa shape index (κ2) is 9.57. The number of hydrogen-bond donors (Lipinski definition) is 0. The van der Waals surface area contributed by atoms with Crippen molar-refractivity contribution in [1.82, 2.24) is 4.90 Å². The molecule has 0 unspecified atom stereocenters. The Morgan fingerprint density at radius 3 is 2.38 bits per heavy atom. The fourth-order valence-electron chi connectivity index (χ4n) is 2.94. The Balaban J connectivity index is 1.61. The fraction of sp³-hybridized carbons (Fsp3) is 0.500. The van der Waals surface area contributed by atoms with E-state index in [1.807, 2.05) is 0 Å². The number of allylic oxidation sites excluding steroid dienone is 4. The van der Waals surface area contributed by atoms with Crippen LogP contribution in [0.3, 0.4) is 0 Å². The van der Waals surface area contributed by atoms with E-state index >= 15 is 0 Å². The molecule has 0 fully saturated rings. The molecule has 0 amide bonds. The van der Waals surface area contributed by atoms with E-state index in [0.717, 1.165) is 0 Å². The highest BCUT2D eigenvalue weighted by Crippen LogP contribution is 2.15. The van der Waals surface area contributed by atoms with Crippen LogP contribution in [0.5, 0.6) is 0 Å². The van der Waals surface area contributed by atoms with Crippen molar-refractivity contribution in [2.45, 2.75) is 45.4 Å². The SMILES string of the molecule is CCN(CCCC1=CCCC=C1)CCCc1ccccc1. The lowest BCUT2D eigenvalue weighted by atomic mass is 10.0. The Bertz CT molecular complexity index is 444. The van der Waals surface area contributed by atoms with E-state index in [2.05, 4.69) is 60.4 Å². The van der Waals surface area contributed by atoms with Crippen molar-refractivity contribution in [3.8, 4) is 0 Å². The molecule has 0 atom stereocenters. The van der Waals surface area contributed by atoms with Crippen LogP contribution in [0, 0.1) is 0 Å². The van der Waals surface area contributed by atoms with E-state index in [4.69, 9.17) is 0 Å². The number of aryl methyl sites for hydroxylation is 1. The lowest BCUT2D eigenvalue weighted by Gasteiger charge is -2.20. The average Bonchev–Trinajstić information content (AvgIpc) is 2.55. The quantitative estimate of drug-likeness (QED) is 0.616. The molecule has 0 aliphatic heterocycles. The zero-order valence-corrected chi connectivity index (χ0v) is 13.4. The van der Waals surface area contributed by atoms with Gasteiger partial charge in [0.15, 0.2) is 0 Å². The molecule has 0 N–H and O–H groups in total. The average molecular weight is 283 g/mol. The van der Waals surface area contributed by atoms with Crippen LogP contribution in [0.4, 0.5) is 0 Å². The first-order valence-corrected chi connectivity index (χ1v) is 8.50. The summed E-state index contributed by atoms with van der Waals surface area (Å²) in [5.41, 5.74) is 3.01. The van der Waals surface area contributed by atoms with Crippen LogP contribution >= 0.6 is 0 Å². The van der Waals surface area contributed by atoms with Gasteiger partial charge >= 0.3 is 0 Å². The summed E-state index contributed by atoms with van der Waals surface area (Å²) in [7, 11) is 0. The molecular weight excluding hydrogens is 254 g/mol. The number of rotatable bonds is 9. The molecule has 2 rings (SSSR count). The molecule has 1 aromatic carbocycles. The Kier molecular flexibility index (Phi) is 7.31. The third-order valence-corrected chi connectivity index (χ3v) is 4.24. The summed E-state index contributed by atoms with van der Waals surface area (Å²) in [4.78, 5) is 2.59. The molecule has 1 aliphatic rings. The maximum Gasteiger partial charge on any atom is -0.00157 e. The van der Waals surface area contributed by atoms with Crippen LogP contribution in [0.2, 0.25) is 0 Å². The number of hydrogen-bond acceptors (Lipinski definition) is 1. The highest BCUT2D eigenvalue weighted by molar-refractivity contribution is 5.21. The van der Waals surface area contributed by atoms with Gasteiger partial charge in [0.25, 0.3) is 0 Å². The summed E-state index contributed by atoms with van der Waals surface area (Å²) in [6.07, 6.45) is 14.5. The molecular formula is C20H29N. The molecule has 0 spiro atoms. The molecule has 0 saturated carbocycles. The monoisotopic (exact) mass is 283 g/mol. The first-order chi connectivity index (χ1) is 10.4. The minimum absolute atomic E-state index is 1.17.